The number of hydrazone groups is 1. The van der Waals surface area contributed by atoms with Crippen LogP contribution in [0.4, 0.5) is 11.6 Å². The van der Waals surface area contributed by atoms with Gasteiger partial charge in [-0.2, -0.15) is 15.1 Å². The van der Waals surface area contributed by atoms with E-state index in [1.165, 1.54) is 5.56 Å². The lowest BCUT2D eigenvalue weighted by molar-refractivity contribution is 0.0317. The number of hydrogen-bond acceptors (Lipinski definition) is 10. The molecule has 236 valence electrons. The van der Waals surface area contributed by atoms with Crippen LogP contribution in [0.3, 0.4) is 0 Å². The van der Waals surface area contributed by atoms with E-state index in [1.54, 1.807) is 14.2 Å². The highest BCUT2D eigenvalue weighted by Gasteiger charge is 2.20. The molecule has 0 bridgehead atoms. The van der Waals surface area contributed by atoms with E-state index in [0.29, 0.717) is 24.2 Å². The molecule has 0 spiro atoms. The molecule has 0 unspecified atom stereocenters. The Morgan fingerprint density at radius 2 is 1.60 bits per heavy atom. The Balaban J connectivity index is 0.00000148. The molecule has 1 N–H and O–H groups in total. The molecular formula is C32H54N6O4. The van der Waals surface area contributed by atoms with Gasteiger partial charge in [0.05, 0.1) is 33.1 Å². The third kappa shape index (κ3) is 10.3. The van der Waals surface area contributed by atoms with Crippen molar-refractivity contribution in [2.24, 2.45) is 5.10 Å². The first-order valence-corrected chi connectivity index (χ1v) is 15.8. The summed E-state index contributed by atoms with van der Waals surface area (Å²) in [7, 11) is 3.32. The normalized spacial score (nSPS) is 15.4. The van der Waals surface area contributed by atoms with Crippen molar-refractivity contribution in [3.8, 4) is 17.5 Å². The second kappa shape index (κ2) is 19.9. The van der Waals surface area contributed by atoms with Gasteiger partial charge in [0.25, 0.3) is 0 Å². The maximum atomic E-state index is 6.05. The summed E-state index contributed by atoms with van der Waals surface area (Å²) in [5.74, 6) is 2.92. The Kier molecular flexibility index (Phi) is 16.6. The van der Waals surface area contributed by atoms with Crippen LogP contribution in [0.5, 0.6) is 17.5 Å². The van der Waals surface area contributed by atoms with Gasteiger partial charge in [-0.1, -0.05) is 41.5 Å². The van der Waals surface area contributed by atoms with E-state index in [9.17, 15) is 0 Å². The fraction of sp³-hybridized carbons (Fsp3) is 0.656. The average Bonchev–Trinajstić information content (AvgIpc) is 3.05. The molecule has 2 heterocycles. The molecular weight excluding hydrogens is 532 g/mol. The molecule has 1 fully saturated rings. The lowest BCUT2D eigenvalue weighted by Gasteiger charge is -2.26. The maximum Gasteiger partial charge on any atom is 0.320 e. The van der Waals surface area contributed by atoms with E-state index in [0.717, 1.165) is 101 Å². The highest BCUT2D eigenvalue weighted by Crippen LogP contribution is 2.34. The van der Waals surface area contributed by atoms with Crippen molar-refractivity contribution in [1.82, 2.24) is 14.9 Å². The minimum Gasteiger partial charge on any atom is -0.493 e. The summed E-state index contributed by atoms with van der Waals surface area (Å²) >= 11 is 0. The van der Waals surface area contributed by atoms with Gasteiger partial charge in [0.1, 0.15) is 12.4 Å². The first kappa shape index (κ1) is 35.1. The van der Waals surface area contributed by atoms with Gasteiger partial charge in [0.15, 0.2) is 17.3 Å². The van der Waals surface area contributed by atoms with Gasteiger partial charge in [0.2, 0.25) is 0 Å². The molecule has 2 aromatic rings. The zero-order valence-corrected chi connectivity index (χ0v) is 27.3. The van der Waals surface area contributed by atoms with Gasteiger partial charge in [-0.25, -0.2) is 0 Å². The summed E-state index contributed by atoms with van der Waals surface area (Å²) in [6.07, 6.45) is 4.94. The topological polar surface area (TPSA) is 93.6 Å². The SMILES string of the molecule is CC.CC.CCCN(CCC)c1cc(N/N=C2\CCCc3cc(OC)c(OC)cc32)nc(OCCN2CCOCC2)n1. The van der Waals surface area contributed by atoms with Crippen LogP contribution in [-0.4, -0.2) is 87.3 Å². The molecule has 10 heteroatoms. The molecule has 1 saturated heterocycles. The van der Waals surface area contributed by atoms with Crippen molar-refractivity contribution in [2.75, 3.05) is 77.1 Å². The van der Waals surface area contributed by atoms with Crippen LogP contribution >= 0.6 is 0 Å². The smallest absolute Gasteiger partial charge is 0.320 e. The number of morpholine rings is 1. The fourth-order valence-corrected chi connectivity index (χ4v) is 4.89. The standard InChI is InChI=1S/C28H42N6O4.2C2H6/c1-5-10-34(11-6-2)27-20-26(29-28(30-27)38-17-14-33-12-15-37-16-13-33)32-31-23-9-7-8-21-18-24(35-3)25(36-4)19-22(21)23;2*1-2/h18-20H,5-17H2,1-4H3,(H,29,30,32);2*1-2H3/b31-23+;;. The van der Waals surface area contributed by atoms with Crippen LogP contribution in [0.2, 0.25) is 0 Å². The van der Waals surface area contributed by atoms with Crippen LogP contribution in [0.15, 0.2) is 23.3 Å². The molecule has 1 aliphatic heterocycles. The van der Waals surface area contributed by atoms with E-state index in [-0.39, 0.29) is 0 Å². The van der Waals surface area contributed by atoms with Crippen LogP contribution in [0.1, 0.15) is 78.4 Å². The van der Waals surface area contributed by atoms with Crippen molar-refractivity contribution >= 4 is 17.3 Å². The van der Waals surface area contributed by atoms with Gasteiger partial charge in [-0.3, -0.25) is 10.3 Å². The number of rotatable bonds is 13. The summed E-state index contributed by atoms with van der Waals surface area (Å²) in [4.78, 5) is 14.0. The van der Waals surface area contributed by atoms with Gasteiger partial charge in [-0.15, -0.1) is 0 Å². The van der Waals surface area contributed by atoms with Crippen molar-refractivity contribution < 1.29 is 18.9 Å². The lowest BCUT2D eigenvalue weighted by Crippen LogP contribution is -2.38. The molecule has 0 saturated carbocycles. The number of nitrogens with zero attached hydrogens (tertiary/aromatic N) is 5. The number of hydrogen-bond donors (Lipinski definition) is 1. The first-order valence-electron chi connectivity index (χ1n) is 15.8. The molecule has 0 amide bonds. The Bertz CT molecular complexity index is 1070. The maximum absolute atomic E-state index is 6.05. The van der Waals surface area contributed by atoms with E-state index >= 15 is 0 Å². The monoisotopic (exact) mass is 586 g/mol. The zero-order chi connectivity index (χ0) is 30.7. The third-order valence-electron chi connectivity index (χ3n) is 6.83. The van der Waals surface area contributed by atoms with Gasteiger partial charge in [0, 0.05) is 44.4 Å². The summed E-state index contributed by atoms with van der Waals surface area (Å²) in [5.41, 5.74) is 6.48. The van der Waals surface area contributed by atoms with E-state index < -0.39 is 0 Å². The zero-order valence-electron chi connectivity index (χ0n) is 27.3. The number of aryl methyl sites for hydroxylation is 1. The molecule has 4 rings (SSSR count). The highest BCUT2D eigenvalue weighted by atomic mass is 16.5. The molecule has 1 aliphatic carbocycles. The second-order valence-electron chi connectivity index (χ2n) is 9.57. The Morgan fingerprint density at radius 1 is 0.929 bits per heavy atom. The number of nitrogens with one attached hydrogen (secondary N) is 1. The Hall–Kier alpha value is -3.11. The fourth-order valence-electron chi connectivity index (χ4n) is 4.89. The predicted molar refractivity (Wildman–Crippen MR) is 173 cm³/mol. The molecule has 0 atom stereocenters. The number of aromatic nitrogens is 2. The summed E-state index contributed by atoms with van der Waals surface area (Å²) in [5, 5.41) is 4.80. The van der Waals surface area contributed by atoms with Crippen LogP contribution < -0.4 is 24.5 Å². The second-order valence-corrected chi connectivity index (χ2v) is 9.57. The highest BCUT2D eigenvalue weighted by molar-refractivity contribution is 6.03. The van der Waals surface area contributed by atoms with Crippen LogP contribution in [0.25, 0.3) is 0 Å². The number of methoxy groups -OCH3 is 2. The van der Waals surface area contributed by atoms with E-state index in [1.807, 2.05) is 39.8 Å². The van der Waals surface area contributed by atoms with Crippen molar-refractivity contribution in [3.05, 3.63) is 29.3 Å². The van der Waals surface area contributed by atoms with Crippen molar-refractivity contribution in [1.29, 1.82) is 0 Å². The number of benzene rings is 1. The van der Waals surface area contributed by atoms with E-state index in [4.69, 9.17) is 29.0 Å². The minimum absolute atomic E-state index is 0.367. The van der Waals surface area contributed by atoms with Gasteiger partial charge >= 0.3 is 6.01 Å². The number of anilines is 2. The molecule has 2 aliphatic rings. The summed E-state index contributed by atoms with van der Waals surface area (Å²) in [6.45, 7) is 18.9. The quantitative estimate of drug-likeness (QED) is 0.282. The Morgan fingerprint density at radius 3 is 2.24 bits per heavy atom. The third-order valence-corrected chi connectivity index (χ3v) is 6.83. The Labute approximate surface area is 253 Å². The summed E-state index contributed by atoms with van der Waals surface area (Å²) in [6, 6.07) is 6.40. The van der Waals surface area contributed by atoms with Crippen molar-refractivity contribution in [2.45, 2.75) is 73.6 Å². The largest absolute Gasteiger partial charge is 0.493 e. The molecule has 1 aromatic heterocycles. The molecule has 0 radical (unpaired) electrons. The number of ether oxygens (including phenoxy) is 4. The molecule has 10 nitrogen and oxygen atoms in total. The summed E-state index contributed by atoms with van der Waals surface area (Å²) < 4.78 is 22.5. The first-order chi connectivity index (χ1) is 20.6. The van der Waals surface area contributed by atoms with Crippen LogP contribution in [-0.2, 0) is 11.2 Å². The van der Waals surface area contributed by atoms with Crippen LogP contribution in [0, 0.1) is 0 Å². The molecule has 1 aromatic carbocycles. The minimum atomic E-state index is 0.367. The predicted octanol–water partition coefficient (Wildman–Crippen LogP) is 6.04. The number of fused-ring (bicyclic) bond motifs is 1. The van der Waals surface area contributed by atoms with Gasteiger partial charge < -0.3 is 23.8 Å². The molecule has 42 heavy (non-hydrogen) atoms. The average molecular weight is 587 g/mol. The van der Waals surface area contributed by atoms with Gasteiger partial charge in [-0.05, 0) is 49.8 Å². The van der Waals surface area contributed by atoms with E-state index in [2.05, 4.69) is 40.1 Å². The van der Waals surface area contributed by atoms with Crippen molar-refractivity contribution in [3.63, 3.8) is 0 Å². The lowest BCUT2D eigenvalue weighted by atomic mass is 9.89.